The summed E-state index contributed by atoms with van der Waals surface area (Å²) in [5, 5.41) is 10.2. The van der Waals surface area contributed by atoms with E-state index in [4.69, 9.17) is 0 Å². The number of aryl methyl sites for hydroxylation is 2. The Bertz CT molecular complexity index is 962. The van der Waals surface area contributed by atoms with E-state index in [9.17, 15) is 19.5 Å². The Morgan fingerprint density at radius 1 is 0.941 bits per heavy atom. The molecule has 0 atom stereocenters. The minimum absolute atomic E-state index is 0. The van der Waals surface area contributed by atoms with E-state index < -0.39 is 17.2 Å². The van der Waals surface area contributed by atoms with Crippen LogP contribution < -0.4 is 21.3 Å². The minimum Gasteiger partial charge on any atom is -0.550 e. The molecule has 186 valence electrons. The molecule has 8 nitrogen and oxygen atoms in total. The number of imidazole rings is 1. The van der Waals surface area contributed by atoms with Gasteiger partial charge in [0.25, 0.3) is 0 Å². The Hall–Kier alpha value is -1.87. The van der Waals surface area contributed by atoms with Gasteiger partial charge in [-0.1, -0.05) is 77.5 Å². The van der Waals surface area contributed by atoms with Gasteiger partial charge in [0.05, 0.1) is 12.0 Å². The molecule has 0 bridgehead atoms. The van der Waals surface area contributed by atoms with Crippen molar-refractivity contribution in [3.63, 3.8) is 0 Å². The van der Waals surface area contributed by atoms with E-state index >= 15 is 0 Å². The van der Waals surface area contributed by atoms with E-state index in [-0.39, 0.29) is 29.5 Å². The summed E-state index contributed by atoms with van der Waals surface area (Å²) in [4.78, 5) is 39.8. The van der Waals surface area contributed by atoms with Crippen molar-refractivity contribution < 1.29 is 9.90 Å². The number of aromatic nitrogens is 4. The number of allylic oxidation sites excluding steroid dienone is 2. The molecule has 0 saturated carbocycles. The van der Waals surface area contributed by atoms with Gasteiger partial charge >= 0.3 is 23.1 Å². The second-order valence-corrected chi connectivity index (χ2v) is 8.49. The zero-order valence-corrected chi connectivity index (χ0v) is 22.7. The normalized spacial score (nSPS) is 10.8. The number of unbranched alkanes of at least 4 members (excludes halogenated alkanes) is 11. The molecule has 34 heavy (non-hydrogen) atoms. The molecule has 2 rings (SSSR count). The average molecular weight is 485 g/mol. The van der Waals surface area contributed by atoms with E-state index in [2.05, 4.69) is 29.0 Å². The average Bonchev–Trinajstić information content (AvgIpc) is 3.17. The Kier molecular flexibility index (Phi) is 18.4. The van der Waals surface area contributed by atoms with Crippen LogP contribution in [0.1, 0.15) is 96.8 Å². The predicted octanol–water partition coefficient (Wildman–Crippen LogP) is 2.98. The van der Waals surface area contributed by atoms with Gasteiger partial charge in [-0.2, -0.15) is 0 Å². The molecule has 0 unspecified atom stereocenters. The number of hydrogen-bond acceptors (Lipinski definition) is 5. The first-order valence-electron chi connectivity index (χ1n) is 12.3. The van der Waals surface area contributed by atoms with Gasteiger partial charge in [-0.3, -0.25) is 9.59 Å². The molecule has 0 radical (unpaired) electrons. The van der Waals surface area contributed by atoms with Crippen LogP contribution in [-0.2, 0) is 18.9 Å². The van der Waals surface area contributed by atoms with E-state index in [0.717, 1.165) is 19.3 Å². The number of carbonyl (C=O) groups excluding carboxylic acids is 1. The Morgan fingerprint density at radius 3 is 2.03 bits per heavy atom. The van der Waals surface area contributed by atoms with Crippen LogP contribution in [0.25, 0.3) is 11.2 Å². The number of carboxylic acid groups (broad SMARTS) is 1. The second kappa shape index (κ2) is 19.4. The van der Waals surface area contributed by atoms with Crippen molar-refractivity contribution >= 4 is 40.2 Å². The SMILES string of the molecule is CCCCCCCC/C=C\CCCCCCCC(=O)[O-].Cn1cnc2c1c(=O)[n-]c(=O)n2C.[Mg+2]. The van der Waals surface area contributed by atoms with E-state index in [0.29, 0.717) is 11.2 Å². The Balaban J connectivity index is 0.000000668. The van der Waals surface area contributed by atoms with Crippen molar-refractivity contribution in [2.24, 2.45) is 14.1 Å². The van der Waals surface area contributed by atoms with Gasteiger partial charge in [0.1, 0.15) is 5.52 Å². The number of fused-ring (bicyclic) bond motifs is 1. The first-order valence-corrected chi connectivity index (χ1v) is 12.3. The molecule has 0 aliphatic rings. The third kappa shape index (κ3) is 13.1. The smallest absolute Gasteiger partial charge is 0.550 e. The first kappa shape index (κ1) is 32.1. The molecule has 0 aliphatic carbocycles. The first-order chi connectivity index (χ1) is 15.9. The molecule has 0 saturated heterocycles. The van der Waals surface area contributed by atoms with Crippen LogP contribution in [0.3, 0.4) is 0 Å². The van der Waals surface area contributed by atoms with Crippen molar-refractivity contribution in [2.75, 3.05) is 0 Å². The van der Waals surface area contributed by atoms with Crippen LogP contribution in [0.15, 0.2) is 28.1 Å². The molecule has 9 heteroatoms. The van der Waals surface area contributed by atoms with E-state index in [1.165, 1.54) is 82.2 Å². The maximum Gasteiger partial charge on any atom is 2.00 e. The fourth-order valence-corrected chi connectivity index (χ4v) is 3.56. The number of rotatable bonds is 15. The largest absolute Gasteiger partial charge is 2.00 e. The monoisotopic (exact) mass is 484 g/mol. The molecule has 0 fully saturated rings. The van der Waals surface area contributed by atoms with Crippen LogP contribution in [-0.4, -0.2) is 43.1 Å². The fourth-order valence-electron chi connectivity index (χ4n) is 3.56. The third-order valence-corrected chi connectivity index (χ3v) is 5.56. The zero-order chi connectivity index (χ0) is 24.5. The molecule has 0 aliphatic heterocycles. The molecule has 0 N–H and O–H groups in total. The standard InChI is InChI=1S/C18H34O2.C7H8N4O2.Mg/c1-2-3-4-5-6-7-8-9-10-11-12-13-14-15-16-17-18(19)20;1-10-3-8-5-4(10)6(12)9-7(13)11(5)2;/h9-10H,2-8,11-17H2,1H3,(H,19,20);3H,1-2H3,(H,9,12,13);/q;;+2/p-2/b10-9-;;. The van der Waals surface area contributed by atoms with Gasteiger partial charge < -0.3 is 24.0 Å². The summed E-state index contributed by atoms with van der Waals surface area (Å²) in [5.74, 6) is -0.914. The topological polar surface area (TPSA) is 111 Å². The third-order valence-electron chi connectivity index (χ3n) is 5.56. The van der Waals surface area contributed by atoms with Crippen LogP contribution in [0, 0.1) is 0 Å². The maximum absolute atomic E-state index is 11.2. The van der Waals surface area contributed by atoms with Gasteiger partial charge in [-0.25, -0.2) is 4.98 Å². The van der Waals surface area contributed by atoms with Crippen molar-refractivity contribution in [1.82, 2.24) is 19.1 Å². The number of aliphatic carboxylic acids is 1. The summed E-state index contributed by atoms with van der Waals surface area (Å²) in [6, 6.07) is 0. The summed E-state index contributed by atoms with van der Waals surface area (Å²) in [7, 11) is 3.22. The summed E-state index contributed by atoms with van der Waals surface area (Å²) < 4.78 is 2.79. The molecule has 0 spiro atoms. The van der Waals surface area contributed by atoms with Gasteiger partial charge in [0, 0.05) is 13.0 Å². The van der Waals surface area contributed by atoms with Crippen LogP contribution in [0.4, 0.5) is 0 Å². The van der Waals surface area contributed by atoms with Crippen molar-refractivity contribution in [2.45, 2.75) is 96.8 Å². The van der Waals surface area contributed by atoms with E-state index in [1.807, 2.05) is 0 Å². The molecule has 2 heterocycles. The molecule has 2 aromatic heterocycles. The van der Waals surface area contributed by atoms with Crippen LogP contribution in [0.5, 0.6) is 0 Å². The van der Waals surface area contributed by atoms with Gasteiger partial charge in [0.2, 0.25) is 0 Å². The number of nitrogens with zero attached hydrogens (tertiary/aromatic N) is 4. The van der Waals surface area contributed by atoms with Crippen molar-refractivity contribution in [1.29, 1.82) is 0 Å². The molecular formula is C25H40MgN4O4. The number of hydrogen-bond donors (Lipinski definition) is 0. The van der Waals surface area contributed by atoms with Crippen molar-refractivity contribution in [3.05, 3.63) is 39.3 Å². The van der Waals surface area contributed by atoms with E-state index in [1.54, 1.807) is 11.6 Å². The van der Waals surface area contributed by atoms with Gasteiger partial charge in [-0.05, 0) is 38.5 Å². The predicted molar refractivity (Wildman–Crippen MR) is 136 cm³/mol. The number of carboxylic acids is 1. The summed E-state index contributed by atoms with van der Waals surface area (Å²) in [5.41, 5.74) is -0.385. The molecule has 0 aromatic carbocycles. The quantitative estimate of drug-likeness (QED) is 0.218. The molecular weight excluding hydrogens is 445 g/mol. The molecule has 2 aromatic rings. The van der Waals surface area contributed by atoms with Gasteiger partial charge in [-0.15, -0.1) is 0 Å². The summed E-state index contributed by atoms with van der Waals surface area (Å²) >= 11 is 0. The van der Waals surface area contributed by atoms with Crippen LogP contribution in [0.2, 0.25) is 0 Å². The fraction of sp³-hybridized carbons (Fsp3) is 0.680. The summed E-state index contributed by atoms with van der Waals surface area (Å²) in [6.07, 6.45) is 22.4. The molecule has 0 amide bonds. The maximum atomic E-state index is 11.2. The van der Waals surface area contributed by atoms with Crippen molar-refractivity contribution in [3.8, 4) is 0 Å². The Labute approximate surface area is 219 Å². The zero-order valence-electron chi connectivity index (χ0n) is 21.3. The Morgan fingerprint density at radius 2 is 1.47 bits per heavy atom. The minimum atomic E-state index is -0.914. The second-order valence-electron chi connectivity index (χ2n) is 8.49. The summed E-state index contributed by atoms with van der Waals surface area (Å²) in [6.45, 7) is 2.26. The number of carbonyl (C=O) groups is 1. The van der Waals surface area contributed by atoms with Crippen LogP contribution >= 0.6 is 0 Å². The van der Waals surface area contributed by atoms with Gasteiger partial charge in [0.15, 0.2) is 11.2 Å².